The third-order valence-corrected chi connectivity index (χ3v) is 2.28. The number of ether oxygens (including phenoxy) is 2. The molecule has 0 saturated carbocycles. The van der Waals surface area contributed by atoms with Crippen LogP contribution in [0.5, 0.6) is 0 Å². The number of carbonyl (C=O) groups is 1. The average Bonchev–Trinajstić information content (AvgIpc) is 2.38. The Labute approximate surface area is 112 Å². The molecule has 0 atom stereocenters. The summed E-state index contributed by atoms with van der Waals surface area (Å²) in [6, 6.07) is 0. The molecule has 1 heterocycles. The van der Waals surface area contributed by atoms with Crippen LogP contribution in [0.1, 0.15) is 6.92 Å². The van der Waals surface area contributed by atoms with Gasteiger partial charge in [-0.05, 0) is 6.92 Å². The monoisotopic (exact) mass is 287 g/mol. The fourth-order valence-electron chi connectivity index (χ4n) is 1.47. The van der Waals surface area contributed by atoms with Crippen molar-refractivity contribution in [2.75, 3.05) is 13.7 Å². The summed E-state index contributed by atoms with van der Waals surface area (Å²) in [6.45, 7) is 0.631. The third-order valence-electron chi connectivity index (χ3n) is 2.28. The van der Waals surface area contributed by atoms with Gasteiger partial charge in [-0.3, -0.25) is 24.3 Å². The summed E-state index contributed by atoms with van der Waals surface area (Å²) in [6.07, 6.45) is 0.774. The summed E-state index contributed by atoms with van der Waals surface area (Å²) >= 11 is 0. The highest BCUT2D eigenvalue weighted by atomic mass is 16.6. The van der Waals surface area contributed by atoms with Crippen molar-refractivity contribution in [3.63, 3.8) is 0 Å². The summed E-state index contributed by atoms with van der Waals surface area (Å²) in [7, 11) is 1.28. The Bertz CT molecular complexity index is 631. The first-order valence-corrected chi connectivity index (χ1v) is 5.55. The Hall–Kier alpha value is -2.49. The van der Waals surface area contributed by atoms with Crippen LogP contribution in [-0.2, 0) is 27.5 Å². The Morgan fingerprint density at radius 2 is 2.10 bits per heavy atom. The fraction of sp³-hybridized carbons (Fsp3) is 0.500. The molecule has 0 saturated heterocycles. The van der Waals surface area contributed by atoms with E-state index in [4.69, 9.17) is 4.74 Å². The van der Waals surface area contributed by atoms with Gasteiger partial charge >= 0.3 is 22.9 Å². The van der Waals surface area contributed by atoms with Gasteiger partial charge in [0.2, 0.25) is 0 Å². The van der Waals surface area contributed by atoms with E-state index in [0.29, 0.717) is 4.57 Å². The van der Waals surface area contributed by atoms with Gasteiger partial charge in [0, 0.05) is 7.11 Å². The maximum atomic E-state index is 11.9. The number of esters is 1. The van der Waals surface area contributed by atoms with Crippen LogP contribution in [0, 0.1) is 10.1 Å². The molecule has 20 heavy (non-hydrogen) atoms. The number of hydrogen-bond acceptors (Lipinski definition) is 7. The molecule has 0 fully saturated rings. The molecule has 0 unspecified atom stereocenters. The second kappa shape index (κ2) is 6.61. The molecule has 0 N–H and O–H groups in total. The predicted molar refractivity (Wildman–Crippen MR) is 65.3 cm³/mol. The third kappa shape index (κ3) is 3.29. The van der Waals surface area contributed by atoms with Crippen molar-refractivity contribution in [1.82, 2.24) is 9.13 Å². The summed E-state index contributed by atoms with van der Waals surface area (Å²) in [5.41, 5.74) is -2.89. The molecule has 0 radical (unpaired) electrons. The van der Waals surface area contributed by atoms with Crippen LogP contribution in [0.4, 0.5) is 5.69 Å². The van der Waals surface area contributed by atoms with E-state index >= 15 is 0 Å². The van der Waals surface area contributed by atoms with Crippen molar-refractivity contribution >= 4 is 11.7 Å². The number of methoxy groups -OCH3 is 1. The van der Waals surface area contributed by atoms with Crippen molar-refractivity contribution in [2.24, 2.45) is 0 Å². The minimum absolute atomic E-state index is 0.0643. The maximum absolute atomic E-state index is 11.9. The molecule has 0 amide bonds. The van der Waals surface area contributed by atoms with Crippen molar-refractivity contribution in [3.8, 4) is 0 Å². The van der Waals surface area contributed by atoms with Gasteiger partial charge in [-0.1, -0.05) is 0 Å². The van der Waals surface area contributed by atoms with E-state index in [2.05, 4.69) is 4.74 Å². The average molecular weight is 287 g/mol. The molecule has 0 aliphatic heterocycles. The molecule has 0 spiro atoms. The first-order valence-electron chi connectivity index (χ1n) is 5.55. The Balaban J connectivity index is 3.40. The molecule has 0 aliphatic rings. The van der Waals surface area contributed by atoms with Gasteiger partial charge in [0.1, 0.15) is 13.3 Å². The van der Waals surface area contributed by atoms with Crippen molar-refractivity contribution in [3.05, 3.63) is 37.1 Å². The number of nitrogens with zero attached hydrogens (tertiary/aromatic N) is 3. The minimum atomic E-state index is -1.17. The van der Waals surface area contributed by atoms with Crippen LogP contribution in [0.3, 0.4) is 0 Å². The smallest absolute Gasteiger partial charge is 0.350 e. The molecular formula is C10H13N3O7. The zero-order chi connectivity index (χ0) is 15.3. The molecule has 0 bridgehead atoms. The minimum Gasteiger partial charge on any atom is -0.465 e. The van der Waals surface area contributed by atoms with E-state index in [1.54, 1.807) is 6.92 Å². The lowest BCUT2D eigenvalue weighted by Gasteiger charge is -2.08. The van der Waals surface area contributed by atoms with E-state index in [-0.39, 0.29) is 13.3 Å². The Kier molecular flexibility index (Phi) is 5.15. The van der Waals surface area contributed by atoms with Gasteiger partial charge in [-0.15, -0.1) is 0 Å². The number of aromatic nitrogens is 2. The van der Waals surface area contributed by atoms with Crippen LogP contribution < -0.4 is 11.2 Å². The lowest BCUT2D eigenvalue weighted by molar-refractivity contribution is -0.387. The summed E-state index contributed by atoms with van der Waals surface area (Å²) in [4.78, 5) is 44.9. The van der Waals surface area contributed by atoms with E-state index in [1.165, 1.54) is 7.11 Å². The van der Waals surface area contributed by atoms with Crippen LogP contribution in [0.15, 0.2) is 15.8 Å². The highest BCUT2D eigenvalue weighted by molar-refractivity contribution is 5.69. The molecule has 1 aromatic rings. The van der Waals surface area contributed by atoms with Gasteiger partial charge in [0.25, 0.3) is 0 Å². The van der Waals surface area contributed by atoms with E-state index in [9.17, 15) is 24.5 Å². The Morgan fingerprint density at radius 1 is 1.45 bits per heavy atom. The van der Waals surface area contributed by atoms with Crippen LogP contribution in [0.2, 0.25) is 0 Å². The van der Waals surface area contributed by atoms with Crippen molar-refractivity contribution < 1.29 is 19.2 Å². The molecule has 0 aromatic carbocycles. The normalized spacial score (nSPS) is 10.3. The molecule has 0 aliphatic carbocycles. The first kappa shape index (κ1) is 15.6. The zero-order valence-electron chi connectivity index (χ0n) is 10.9. The molecule has 1 rings (SSSR count). The summed E-state index contributed by atoms with van der Waals surface area (Å²) in [5.74, 6) is -0.837. The zero-order valence-corrected chi connectivity index (χ0v) is 10.9. The van der Waals surface area contributed by atoms with Crippen molar-refractivity contribution in [2.45, 2.75) is 20.2 Å². The first-order chi connectivity index (χ1) is 9.42. The lowest BCUT2D eigenvalue weighted by Crippen LogP contribution is -2.42. The quantitative estimate of drug-likeness (QED) is 0.377. The number of nitro groups is 1. The van der Waals surface area contributed by atoms with Crippen molar-refractivity contribution in [1.29, 1.82) is 0 Å². The lowest BCUT2D eigenvalue weighted by atomic mass is 10.5. The number of rotatable bonds is 6. The molecule has 110 valence electrons. The number of hydrogen-bond donors (Lipinski definition) is 0. The van der Waals surface area contributed by atoms with Crippen LogP contribution in [-0.4, -0.2) is 33.7 Å². The highest BCUT2D eigenvalue weighted by Gasteiger charge is 2.21. The molecule has 1 aromatic heterocycles. The second-order valence-corrected chi connectivity index (χ2v) is 3.64. The fourth-order valence-corrected chi connectivity index (χ4v) is 1.47. The van der Waals surface area contributed by atoms with E-state index in [0.717, 1.165) is 10.8 Å². The van der Waals surface area contributed by atoms with Gasteiger partial charge in [0.05, 0.1) is 17.7 Å². The SMILES string of the molecule is CCOC(=O)Cn1c(=O)c([N+](=O)[O-])cn(COC)c1=O. The predicted octanol–water partition coefficient (Wildman–Crippen LogP) is -0.915. The topological polar surface area (TPSA) is 123 Å². The highest BCUT2D eigenvalue weighted by Crippen LogP contribution is 2.00. The summed E-state index contributed by atoms with van der Waals surface area (Å²) in [5, 5.41) is 10.8. The number of carbonyl (C=O) groups excluding carboxylic acids is 1. The standard InChI is InChI=1S/C10H13N3O7/c1-3-20-8(14)5-12-9(15)7(13(17)18)4-11(6-19-2)10(12)16/h4H,3,5-6H2,1-2H3. The largest absolute Gasteiger partial charge is 0.465 e. The van der Waals surface area contributed by atoms with E-state index in [1.807, 2.05) is 0 Å². The molecule has 10 heteroatoms. The summed E-state index contributed by atoms with van der Waals surface area (Å²) < 4.78 is 10.6. The second-order valence-electron chi connectivity index (χ2n) is 3.64. The van der Waals surface area contributed by atoms with Gasteiger partial charge in [-0.25, -0.2) is 9.36 Å². The van der Waals surface area contributed by atoms with Crippen LogP contribution >= 0.6 is 0 Å². The molecule has 10 nitrogen and oxygen atoms in total. The molecular weight excluding hydrogens is 274 g/mol. The van der Waals surface area contributed by atoms with Gasteiger partial charge in [-0.2, -0.15) is 0 Å². The Morgan fingerprint density at radius 3 is 2.60 bits per heavy atom. The van der Waals surface area contributed by atoms with Gasteiger partial charge in [0.15, 0.2) is 0 Å². The maximum Gasteiger partial charge on any atom is 0.350 e. The van der Waals surface area contributed by atoms with Crippen LogP contribution in [0.25, 0.3) is 0 Å². The van der Waals surface area contributed by atoms with Gasteiger partial charge < -0.3 is 9.47 Å². The van der Waals surface area contributed by atoms with E-state index < -0.39 is 34.4 Å².